The molecule has 3 N–H and O–H groups in total. The normalized spacial score (nSPS) is 13.2. The zero-order valence-corrected chi connectivity index (χ0v) is 23.5. The second-order valence-electron chi connectivity index (χ2n) is 9.95. The van der Waals surface area contributed by atoms with Crippen LogP contribution in [0.2, 0.25) is 0 Å². The lowest BCUT2D eigenvalue weighted by Gasteiger charge is -2.34. The Kier molecular flexibility index (Phi) is 9.05. The topological polar surface area (TPSA) is 106 Å². The molecule has 1 saturated heterocycles. The minimum absolute atomic E-state index is 0.299. The van der Waals surface area contributed by atoms with Gasteiger partial charge in [-0.25, -0.2) is 19.7 Å². The van der Waals surface area contributed by atoms with Crippen molar-refractivity contribution in [2.45, 2.75) is 6.54 Å². The molecule has 10 heteroatoms. The molecule has 0 aliphatic carbocycles. The van der Waals surface area contributed by atoms with Crippen LogP contribution in [0.4, 0.5) is 39.2 Å². The van der Waals surface area contributed by atoms with E-state index >= 15 is 0 Å². The predicted molar refractivity (Wildman–Crippen MR) is 168 cm³/mol. The van der Waals surface area contributed by atoms with E-state index in [9.17, 15) is 9.59 Å². The van der Waals surface area contributed by atoms with Crippen molar-refractivity contribution in [2.75, 3.05) is 53.7 Å². The van der Waals surface area contributed by atoms with Crippen LogP contribution in [0.15, 0.2) is 104 Å². The summed E-state index contributed by atoms with van der Waals surface area (Å²) in [5.74, 6) is 0.593. The molecule has 0 atom stereocenters. The van der Waals surface area contributed by atoms with Gasteiger partial charge in [0.25, 0.3) is 0 Å². The van der Waals surface area contributed by atoms with Crippen LogP contribution in [0, 0.1) is 0 Å². The first kappa shape index (κ1) is 28.3. The second-order valence-corrected chi connectivity index (χ2v) is 9.95. The molecule has 1 aliphatic rings. The average Bonchev–Trinajstić information content (AvgIpc) is 3.02. The van der Waals surface area contributed by atoms with Crippen LogP contribution in [-0.2, 0) is 11.3 Å². The first-order valence-corrected chi connectivity index (χ1v) is 13.8. The molecule has 2 heterocycles. The second kappa shape index (κ2) is 13.4. The van der Waals surface area contributed by atoms with E-state index in [1.165, 1.54) is 12.4 Å². The number of hydrogen-bond acceptors (Lipinski definition) is 7. The fourth-order valence-corrected chi connectivity index (χ4v) is 4.64. The highest BCUT2D eigenvalue weighted by Crippen LogP contribution is 2.29. The van der Waals surface area contributed by atoms with E-state index in [4.69, 9.17) is 0 Å². The van der Waals surface area contributed by atoms with Crippen LogP contribution >= 0.6 is 0 Å². The molecule has 42 heavy (non-hydrogen) atoms. The van der Waals surface area contributed by atoms with Crippen molar-refractivity contribution in [1.82, 2.24) is 20.2 Å². The van der Waals surface area contributed by atoms with Gasteiger partial charge in [-0.3, -0.25) is 4.79 Å². The summed E-state index contributed by atoms with van der Waals surface area (Å²) in [4.78, 5) is 40.4. The molecule has 1 aliphatic heterocycles. The zero-order valence-electron chi connectivity index (χ0n) is 23.5. The van der Waals surface area contributed by atoms with Crippen molar-refractivity contribution in [3.8, 4) is 0 Å². The van der Waals surface area contributed by atoms with E-state index in [2.05, 4.69) is 49.3 Å². The van der Waals surface area contributed by atoms with Crippen LogP contribution in [0.5, 0.6) is 0 Å². The monoisotopic (exact) mass is 562 g/mol. The van der Waals surface area contributed by atoms with Crippen LogP contribution in [0.3, 0.4) is 0 Å². The van der Waals surface area contributed by atoms with Gasteiger partial charge in [-0.1, -0.05) is 43.0 Å². The molecule has 3 aromatic carbocycles. The molecular weight excluding hydrogens is 528 g/mol. The maximum atomic E-state index is 13.7. The van der Waals surface area contributed by atoms with Crippen molar-refractivity contribution in [1.29, 1.82) is 0 Å². The Bertz CT molecular complexity index is 1520. The number of aromatic nitrogens is 2. The number of amides is 3. The highest BCUT2D eigenvalue weighted by molar-refractivity contribution is 6.00. The number of benzene rings is 3. The Hall–Kier alpha value is -5.22. The maximum absolute atomic E-state index is 13.7. The number of carbonyl (C=O) groups is 2. The number of urea groups is 1. The van der Waals surface area contributed by atoms with E-state index in [0.717, 1.165) is 37.4 Å². The number of anilines is 6. The summed E-state index contributed by atoms with van der Waals surface area (Å²) < 4.78 is 0. The third-order valence-electron chi connectivity index (χ3n) is 6.94. The number of rotatable bonds is 9. The average molecular weight is 563 g/mol. The molecule has 10 nitrogen and oxygen atoms in total. The fraction of sp³-hybridized carbons (Fsp3) is 0.188. The van der Waals surface area contributed by atoms with Crippen LogP contribution in [-0.4, -0.2) is 60.0 Å². The van der Waals surface area contributed by atoms with Gasteiger partial charge in [-0.05, 0) is 61.2 Å². The van der Waals surface area contributed by atoms with Crippen molar-refractivity contribution in [3.05, 3.63) is 109 Å². The van der Waals surface area contributed by atoms with Crippen LogP contribution in [0.1, 0.15) is 5.56 Å². The summed E-state index contributed by atoms with van der Waals surface area (Å²) in [5, 5.41) is 9.00. The number of piperazine rings is 1. The lowest BCUT2D eigenvalue weighted by Crippen LogP contribution is -2.44. The number of likely N-dealkylation sites (N-methyl/N-ethyl adjacent to an activating group) is 1. The van der Waals surface area contributed by atoms with E-state index in [-0.39, 0.29) is 11.9 Å². The van der Waals surface area contributed by atoms with Gasteiger partial charge in [0.2, 0.25) is 5.91 Å². The van der Waals surface area contributed by atoms with E-state index < -0.39 is 0 Å². The standard InChI is InChI=1S/C32H34N8O2/c1-3-31(41)37-26-11-7-10-25(20-26)36-29-21-30(35-23-34-29)40(32(42)33-22-24-8-5-4-6-9-24)28-14-12-27(13-15-28)39-18-16-38(2)17-19-39/h3-15,20-21,23H,1,16-19,22H2,2H3,(H,33,42)(H,37,41)(H,34,35,36). The van der Waals surface area contributed by atoms with E-state index in [0.29, 0.717) is 35.2 Å². The first-order valence-electron chi connectivity index (χ1n) is 13.8. The van der Waals surface area contributed by atoms with Gasteiger partial charge in [0, 0.05) is 55.9 Å². The molecule has 0 unspecified atom stereocenters. The summed E-state index contributed by atoms with van der Waals surface area (Å²) in [6.07, 6.45) is 2.63. The van der Waals surface area contributed by atoms with Crippen molar-refractivity contribution in [3.63, 3.8) is 0 Å². The summed E-state index contributed by atoms with van der Waals surface area (Å²) >= 11 is 0. The zero-order chi connectivity index (χ0) is 29.3. The first-order chi connectivity index (χ1) is 20.5. The molecule has 1 aromatic heterocycles. The highest BCUT2D eigenvalue weighted by atomic mass is 16.2. The van der Waals surface area contributed by atoms with Gasteiger partial charge in [-0.15, -0.1) is 0 Å². The minimum atomic E-state index is -0.315. The molecule has 4 aromatic rings. The van der Waals surface area contributed by atoms with Gasteiger partial charge >= 0.3 is 6.03 Å². The number of nitrogens with one attached hydrogen (secondary N) is 3. The van der Waals surface area contributed by atoms with Crippen molar-refractivity contribution < 1.29 is 9.59 Å². The maximum Gasteiger partial charge on any atom is 0.327 e. The summed E-state index contributed by atoms with van der Waals surface area (Å²) in [5.41, 5.74) is 4.10. The van der Waals surface area contributed by atoms with Gasteiger partial charge in [-0.2, -0.15) is 0 Å². The number of nitrogens with zero attached hydrogens (tertiary/aromatic N) is 5. The lowest BCUT2D eigenvalue weighted by atomic mass is 10.2. The third kappa shape index (κ3) is 7.29. The molecule has 3 amide bonds. The molecule has 0 saturated carbocycles. The Balaban J connectivity index is 1.39. The van der Waals surface area contributed by atoms with Crippen LogP contribution in [0.25, 0.3) is 0 Å². The Morgan fingerprint density at radius 1 is 0.905 bits per heavy atom. The minimum Gasteiger partial charge on any atom is -0.369 e. The largest absolute Gasteiger partial charge is 0.369 e. The molecule has 5 rings (SSSR count). The van der Waals surface area contributed by atoms with Gasteiger partial charge < -0.3 is 25.8 Å². The molecule has 214 valence electrons. The summed E-state index contributed by atoms with van der Waals surface area (Å²) in [6, 6.07) is 26.4. The smallest absolute Gasteiger partial charge is 0.327 e. The summed E-state index contributed by atoms with van der Waals surface area (Å²) in [7, 11) is 2.13. The third-order valence-corrected chi connectivity index (χ3v) is 6.94. The SMILES string of the molecule is C=CC(=O)Nc1cccc(Nc2cc(N(C(=O)NCc3ccccc3)c3ccc(N4CCN(C)CC4)cc3)ncn2)c1. The quantitative estimate of drug-likeness (QED) is 0.243. The predicted octanol–water partition coefficient (Wildman–Crippen LogP) is 5.14. The molecule has 0 radical (unpaired) electrons. The molecule has 1 fully saturated rings. The van der Waals surface area contributed by atoms with Crippen molar-refractivity contribution >= 4 is 46.3 Å². The van der Waals surface area contributed by atoms with E-state index in [1.54, 1.807) is 23.1 Å². The highest BCUT2D eigenvalue weighted by Gasteiger charge is 2.21. The van der Waals surface area contributed by atoms with Gasteiger partial charge in [0.05, 0.1) is 5.69 Å². The van der Waals surface area contributed by atoms with Crippen LogP contribution < -0.4 is 25.8 Å². The van der Waals surface area contributed by atoms with Gasteiger partial charge in [0.15, 0.2) is 0 Å². The molecular formula is C32H34N8O2. The fourth-order valence-electron chi connectivity index (χ4n) is 4.64. The lowest BCUT2D eigenvalue weighted by molar-refractivity contribution is -0.111. The van der Waals surface area contributed by atoms with E-state index in [1.807, 2.05) is 66.7 Å². The summed E-state index contributed by atoms with van der Waals surface area (Å²) in [6.45, 7) is 7.79. The number of hydrogen-bond donors (Lipinski definition) is 3. The Morgan fingerprint density at radius 2 is 1.64 bits per heavy atom. The molecule has 0 bridgehead atoms. The Morgan fingerprint density at radius 3 is 2.38 bits per heavy atom. The number of carbonyl (C=O) groups excluding carboxylic acids is 2. The van der Waals surface area contributed by atoms with Crippen molar-refractivity contribution in [2.24, 2.45) is 0 Å². The van der Waals surface area contributed by atoms with Gasteiger partial charge in [0.1, 0.15) is 18.0 Å². The molecule has 0 spiro atoms. The Labute approximate surface area is 245 Å².